The maximum absolute atomic E-state index is 5.67. The van der Waals surface area contributed by atoms with Crippen molar-refractivity contribution in [3.63, 3.8) is 0 Å². The monoisotopic (exact) mass is 189 g/mol. The molecule has 1 nitrogen and oxygen atoms in total. The van der Waals surface area contributed by atoms with E-state index in [1.807, 2.05) is 25.1 Å². The normalized spacial score (nSPS) is 10.5. The molecule has 0 saturated heterocycles. The van der Waals surface area contributed by atoms with Crippen molar-refractivity contribution < 1.29 is 0 Å². The van der Waals surface area contributed by atoms with Gasteiger partial charge in [0.25, 0.3) is 0 Å². The molecule has 1 rings (SSSR count). The lowest BCUT2D eigenvalue weighted by atomic mass is 10.1. The van der Waals surface area contributed by atoms with Crippen molar-refractivity contribution in [1.29, 1.82) is 0 Å². The Labute approximate surface area is 76.1 Å². The molecule has 0 heterocycles. The average Bonchev–Trinajstić information content (AvgIpc) is 1.94. The predicted octanol–water partition coefficient (Wildman–Crippen LogP) is 3.05. The molecule has 0 saturated carbocycles. The molecule has 0 aliphatic carbocycles. The highest BCUT2D eigenvalue weighted by Crippen LogP contribution is 2.29. The Bertz CT molecular complexity index is 258. The van der Waals surface area contributed by atoms with Crippen LogP contribution in [-0.4, -0.2) is 0 Å². The van der Waals surface area contributed by atoms with E-state index in [1.165, 1.54) is 0 Å². The maximum atomic E-state index is 5.67. The van der Waals surface area contributed by atoms with Crippen LogP contribution in [0, 0.1) is 6.92 Å². The Morgan fingerprint density at radius 2 is 2.00 bits per heavy atom. The highest BCUT2D eigenvalue weighted by molar-refractivity contribution is 6.44. The SMILES string of the molecule is Cc1ccc(N)c(C(Cl)Cl)c1. The number of benzene rings is 1. The van der Waals surface area contributed by atoms with Gasteiger partial charge in [0.15, 0.2) is 0 Å². The van der Waals surface area contributed by atoms with Gasteiger partial charge in [0.2, 0.25) is 0 Å². The lowest BCUT2D eigenvalue weighted by molar-refractivity contribution is 1.31. The van der Waals surface area contributed by atoms with Crippen molar-refractivity contribution in [1.82, 2.24) is 0 Å². The van der Waals surface area contributed by atoms with Gasteiger partial charge in [-0.2, -0.15) is 0 Å². The van der Waals surface area contributed by atoms with E-state index >= 15 is 0 Å². The third kappa shape index (κ3) is 2.01. The summed E-state index contributed by atoms with van der Waals surface area (Å²) in [6.45, 7) is 1.97. The van der Waals surface area contributed by atoms with Crippen molar-refractivity contribution in [2.45, 2.75) is 11.8 Å². The first-order valence-corrected chi connectivity index (χ1v) is 4.12. The smallest absolute Gasteiger partial charge is 0.134 e. The summed E-state index contributed by atoms with van der Waals surface area (Å²) in [5.74, 6) is 0. The Balaban J connectivity index is 3.13. The molecule has 0 aliphatic rings. The molecular formula is C8H9Cl2N. The number of halogens is 2. The highest BCUT2D eigenvalue weighted by Gasteiger charge is 2.06. The Hall–Kier alpha value is -0.400. The van der Waals surface area contributed by atoms with Crippen molar-refractivity contribution in [2.75, 3.05) is 5.73 Å². The fourth-order valence-electron chi connectivity index (χ4n) is 0.883. The summed E-state index contributed by atoms with van der Waals surface area (Å²) in [6, 6.07) is 5.62. The van der Waals surface area contributed by atoms with Crippen molar-refractivity contribution in [3.05, 3.63) is 29.3 Å². The van der Waals surface area contributed by atoms with Crippen LogP contribution in [0.3, 0.4) is 0 Å². The average molecular weight is 190 g/mol. The van der Waals surface area contributed by atoms with Gasteiger partial charge in [-0.1, -0.05) is 40.9 Å². The van der Waals surface area contributed by atoms with E-state index in [4.69, 9.17) is 28.9 Å². The molecule has 0 atom stereocenters. The van der Waals surface area contributed by atoms with Crippen LogP contribution in [0.25, 0.3) is 0 Å². The molecule has 1 aromatic carbocycles. The zero-order valence-corrected chi connectivity index (χ0v) is 7.65. The number of alkyl halides is 2. The van der Waals surface area contributed by atoms with Gasteiger partial charge >= 0.3 is 0 Å². The second-order valence-corrected chi connectivity index (χ2v) is 3.53. The first kappa shape index (κ1) is 8.69. The number of nitrogen functional groups attached to an aromatic ring is 1. The summed E-state index contributed by atoms with van der Waals surface area (Å²) in [4.78, 5) is -0.533. The number of hydrogen-bond donors (Lipinski definition) is 1. The summed E-state index contributed by atoms with van der Waals surface area (Å²) in [5.41, 5.74) is 8.16. The predicted molar refractivity (Wildman–Crippen MR) is 50.0 cm³/mol. The van der Waals surface area contributed by atoms with Crippen LogP contribution in [0.4, 0.5) is 5.69 Å². The van der Waals surface area contributed by atoms with Gasteiger partial charge in [-0.3, -0.25) is 0 Å². The highest BCUT2D eigenvalue weighted by atomic mass is 35.5. The van der Waals surface area contributed by atoms with E-state index in [9.17, 15) is 0 Å². The van der Waals surface area contributed by atoms with Gasteiger partial charge in [0.1, 0.15) is 4.84 Å². The molecule has 1 aromatic rings. The Kier molecular flexibility index (Phi) is 2.63. The summed E-state index contributed by atoms with van der Waals surface area (Å²) in [6.07, 6.45) is 0. The minimum atomic E-state index is -0.533. The summed E-state index contributed by atoms with van der Waals surface area (Å²) in [5, 5.41) is 0. The van der Waals surface area contributed by atoms with Gasteiger partial charge in [-0.15, -0.1) is 0 Å². The van der Waals surface area contributed by atoms with Crippen LogP contribution in [0.15, 0.2) is 18.2 Å². The Morgan fingerprint density at radius 3 is 2.45 bits per heavy atom. The van der Waals surface area contributed by atoms with Crippen molar-refractivity contribution in [3.8, 4) is 0 Å². The molecule has 0 amide bonds. The third-order valence-electron chi connectivity index (χ3n) is 1.48. The fourth-order valence-corrected chi connectivity index (χ4v) is 1.26. The van der Waals surface area contributed by atoms with Gasteiger partial charge < -0.3 is 5.73 Å². The minimum Gasteiger partial charge on any atom is -0.398 e. The molecule has 11 heavy (non-hydrogen) atoms. The topological polar surface area (TPSA) is 26.0 Å². The number of rotatable bonds is 1. The summed E-state index contributed by atoms with van der Waals surface area (Å²) < 4.78 is 0. The molecule has 60 valence electrons. The van der Waals surface area contributed by atoms with E-state index in [2.05, 4.69) is 0 Å². The maximum Gasteiger partial charge on any atom is 0.134 e. The quantitative estimate of drug-likeness (QED) is 0.534. The van der Waals surface area contributed by atoms with E-state index in [0.717, 1.165) is 11.1 Å². The molecule has 0 bridgehead atoms. The van der Waals surface area contributed by atoms with Gasteiger partial charge in [0.05, 0.1) is 0 Å². The minimum absolute atomic E-state index is 0.533. The zero-order chi connectivity index (χ0) is 8.43. The van der Waals surface area contributed by atoms with Crippen molar-refractivity contribution >= 4 is 28.9 Å². The van der Waals surface area contributed by atoms with Gasteiger partial charge in [-0.05, 0) is 13.0 Å². The van der Waals surface area contributed by atoms with Crippen LogP contribution in [0.5, 0.6) is 0 Å². The second-order valence-electron chi connectivity index (χ2n) is 2.43. The lowest BCUT2D eigenvalue weighted by Crippen LogP contribution is -1.93. The van der Waals surface area contributed by atoms with Crippen LogP contribution >= 0.6 is 23.2 Å². The molecule has 0 aliphatic heterocycles. The lowest BCUT2D eigenvalue weighted by Gasteiger charge is -2.06. The molecule has 3 heteroatoms. The van der Waals surface area contributed by atoms with Crippen LogP contribution in [0.2, 0.25) is 0 Å². The molecule has 0 unspecified atom stereocenters. The van der Waals surface area contributed by atoms with Gasteiger partial charge in [0, 0.05) is 11.3 Å². The first-order chi connectivity index (χ1) is 5.11. The molecular weight excluding hydrogens is 181 g/mol. The third-order valence-corrected chi connectivity index (χ3v) is 1.95. The van der Waals surface area contributed by atoms with E-state index < -0.39 is 4.84 Å². The standard InChI is InChI=1S/C8H9Cl2N/c1-5-2-3-7(11)6(4-5)8(9)10/h2-4,8H,11H2,1H3. The largest absolute Gasteiger partial charge is 0.398 e. The zero-order valence-electron chi connectivity index (χ0n) is 6.14. The summed E-state index contributed by atoms with van der Waals surface area (Å²) in [7, 11) is 0. The van der Waals surface area contributed by atoms with E-state index in [1.54, 1.807) is 0 Å². The molecule has 2 N–H and O–H groups in total. The Morgan fingerprint density at radius 1 is 1.36 bits per heavy atom. The van der Waals surface area contributed by atoms with Gasteiger partial charge in [-0.25, -0.2) is 0 Å². The molecule has 0 spiro atoms. The molecule has 0 aromatic heterocycles. The van der Waals surface area contributed by atoms with Crippen LogP contribution in [0.1, 0.15) is 16.0 Å². The van der Waals surface area contributed by atoms with E-state index in [0.29, 0.717) is 5.69 Å². The number of aryl methyl sites for hydroxylation is 1. The number of hydrogen-bond acceptors (Lipinski definition) is 1. The van der Waals surface area contributed by atoms with E-state index in [-0.39, 0.29) is 0 Å². The molecule has 0 fully saturated rings. The van der Waals surface area contributed by atoms with Crippen LogP contribution < -0.4 is 5.73 Å². The fraction of sp³-hybridized carbons (Fsp3) is 0.250. The van der Waals surface area contributed by atoms with Crippen LogP contribution in [-0.2, 0) is 0 Å². The molecule has 0 radical (unpaired) electrons. The van der Waals surface area contributed by atoms with Crippen molar-refractivity contribution in [2.24, 2.45) is 0 Å². The number of nitrogens with two attached hydrogens (primary N) is 1. The first-order valence-electron chi connectivity index (χ1n) is 3.25. The second kappa shape index (κ2) is 3.33. The number of anilines is 1. The summed E-state index contributed by atoms with van der Waals surface area (Å²) >= 11 is 11.3.